The average molecular weight is 1930 g/mol. The van der Waals surface area contributed by atoms with Crippen LogP contribution in [0.25, 0.3) is 252 Å². The van der Waals surface area contributed by atoms with Gasteiger partial charge in [-0.15, -0.1) is 11.3 Å². The number of anilines is 9. The maximum atomic E-state index is 5.49. The van der Waals surface area contributed by atoms with Crippen LogP contribution in [0, 0.1) is 0 Å². The molecule has 9 heterocycles. The fourth-order valence-corrected chi connectivity index (χ4v) is 24.5. The second-order valence-electron chi connectivity index (χ2n) is 38.7. The summed E-state index contributed by atoms with van der Waals surface area (Å²) < 4.78 is 2.55. The lowest BCUT2D eigenvalue weighted by molar-refractivity contribution is 1.12. The van der Waals surface area contributed by atoms with E-state index >= 15 is 0 Å². The van der Waals surface area contributed by atoms with Gasteiger partial charge in [0.15, 0.2) is 11.6 Å². The minimum atomic E-state index is 0.675. The van der Waals surface area contributed by atoms with Crippen LogP contribution in [0.3, 0.4) is 0 Å². The molecular formula is C138H83N11S. The van der Waals surface area contributed by atoms with Crippen LogP contribution in [0.2, 0.25) is 0 Å². The lowest BCUT2D eigenvalue weighted by Gasteiger charge is -2.34. The molecule has 0 amide bonds. The Hall–Kier alpha value is -19.9. The smallest absolute Gasteiger partial charge is 0.235 e. The lowest BCUT2D eigenvalue weighted by atomic mass is 9.88. The Morgan fingerprint density at radius 1 is 0.180 bits per heavy atom. The molecule has 29 aromatic rings. The van der Waals surface area contributed by atoms with Gasteiger partial charge in [-0.2, -0.15) is 0 Å². The van der Waals surface area contributed by atoms with E-state index in [0.717, 1.165) is 144 Å². The highest BCUT2D eigenvalue weighted by Crippen LogP contribution is 2.58. The maximum Gasteiger partial charge on any atom is 0.235 e. The van der Waals surface area contributed by atoms with Crippen LogP contribution < -0.4 is 14.7 Å². The van der Waals surface area contributed by atoms with Gasteiger partial charge in [0.2, 0.25) is 5.95 Å². The molecule has 11 nitrogen and oxygen atoms in total. The molecule has 0 unspecified atom stereocenters. The quantitative estimate of drug-likeness (QED) is 0.130. The third-order valence-electron chi connectivity index (χ3n) is 30.2. The Morgan fingerprint density at radius 3 is 1.15 bits per heavy atom. The van der Waals surface area contributed by atoms with Crippen molar-refractivity contribution in [1.29, 1.82) is 0 Å². The van der Waals surface area contributed by atoms with E-state index in [0.29, 0.717) is 17.6 Å². The first-order valence-corrected chi connectivity index (χ1v) is 51.5. The van der Waals surface area contributed by atoms with E-state index in [1.54, 1.807) is 0 Å². The summed E-state index contributed by atoms with van der Waals surface area (Å²) >= 11 is 1.83. The second-order valence-corrected chi connectivity index (χ2v) is 39.7. The second kappa shape index (κ2) is 35.0. The van der Waals surface area contributed by atoms with E-state index in [2.05, 4.69) is 475 Å². The number of para-hydroxylation sites is 4. The van der Waals surface area contributed by atoms with Gasteiger partial charge in [-0.3, -0.25) is 14.9 Å². The van der Waals surface area contributed by atoms with Gasteiger partial charge in [0.05, 0.1) is 84.7 Å². The SMILES string of the molecule is c1ccc(-c2ccc(-c3nc(-c4ccc(N5c6cc7ccccc7cc6-c6cccc7cccc5c67)cc4)nc4ccccc34)cc2)nc1.c1ccc2cc3c(cc2c1)-c1cccc2cccc(c12)N3c1cccc2c(-c3nc(-c4ccc(-c5cccc6cccnc56)cc4)c4ccccc4n3)cccc12.c1ccc2cc3c(cc2c1)-c1cccc2cccc(c12)N3c1nc(-c2cccc3sc4ccccc4c23)c2ccccc2n1. The minimum Gasteiger partial charge on any atom is -0.309 e. The molecular weight excluding hydrogens is 1840 g/mol. The third kappa shape index (κ3) is 14.2. The molecule has 0 aliphatic carbocycles. The molecule has 12 heteroatoms. The molecule has 0 saturated heterocycles. The van der Waals surface area contributed by atoms with Crippen molar-refractivity contribution in [3.63, 3.8) is 0 Å². The van der Waals surface area contributed by atoms with E-state index in [9.17, 15) is 0 Å². The highest BCUT2D eigenvalue weighted by Gasteiger charge is 2.34. The van der Waals surface area contributed by atoms with Crippen LogP contribution in [0.4, 0.5) is 51.4 Å². The van der Waals surface area contributed by atoms with Crippen molar-refractivity contribution in [2.75, 3.05) is 14.7 Å². The molecule has 0 spiro atoms. The number of nitrogens with zero attached hydrogens (tertiary/aromatic N) is 11. The number of thiophene rings is 1. The molecule has 3 aliphatic rings. The zero-order chi connectivity index (χ0) is 98.5. The molecule has 150 heavy (non-hydrogen) atoms. The summed E-state index contributed by atoms with van der Waals surface area (Å²) in [5, 5.41) is 23.7. The molecule has 0 bridgehead atoms. The molecule has 0 N–H and O–H groups in total. The van der Waals surface area contributed by atoms with Gasteiger partial charge in [-0.05, 0) is 210 Å². The largest absolute Gasteiger partial charge is 0.309 e. The van der Waals surface area contributed by atoms with E-state index in [4.69, 9.17) is 34.9 Å². The van der Waals surface area contributed by atoms with Crippen molar-refractivity contribution < 1.29 is 0 Å². The Labute approximate surface area is 866 Å². The van der Waals surface area contributed by atoms with Crippen LogP contribution in [0.1, 0.15) is 0 Å². The Kier molecular flexibility index (Phi) is 20.0. The number of benzene rings is 23. The maximum absolute atomic E-state index is 5.49. The zero-order valence-corrected chi connectivity index (χ0v) is 81.6. The van der Waals surface area contributed by atoms with Crippen molar-refractivity contribution in [3.8, 4) is 112 Å². The standard InChI is InChI=1S/C53H32N4.C45H28N4.C40H23N3S/c1-2-12-38-32-49-45(31-37(38)11-1)42-21-5-13-34-14-7-25-48(50(34)42)57(49)47-24-9-19-40-41(47)20-8-22-43(40)53-55-46-23-4-3-17-44(46)52(56-53)36-28-26-33(27-29-36)39-18-6-15-35-16-10-30-54-51(35)39;1-2-10-34-28-42-38(27-33(34)9-1)36-14-7-11-30-12-8-17-41(43(30)36)49(42)35-24-22-32(23-25-35)45-47-40-16-4-3-13-37(40)44(48-45)31-20-18-29(19-21-31)39-15-5-6-26-46-39;1-2-11-26-23-34-31(22-25(26)10-1)27-16-7-12-24-13-8-19-33(37(24)27)43(34)40-41-32-18-5-3-14-28(32)39(42-40)30-17-9-21-36-38(30)29-15-4-6-20-35(29)44-36/h1-32H;1-28H;1-23H. The van der Waals surface area contributed by atoms with Gasteiger partial charge in [0.1, 0.15) is 0 Å². The molecule has 6 aromatic heterocycles. The molecule has 696 valence electrons. The summed E-state index contributed by atoms with van der Waals surface area (Å²) in [5.41, 5.74) is 32.5. The van der Waals surface area contributed by atoms with E-state index in [-0.39, 0.29) is 0 Å². The number of fused-ring (bicyclic) bond motifs is 17. The summed E-state index contributed by atoms with van der Waals surface area (Å²) in [4.78, 5) is 47.9. The zero-order valence-electron chi connectivity index (χ0n) is 80.7. The van der Waals surface area contributed by atoms with Crippen molar-refractivity contribution in [3.05, 3.63) is 504 Å². The van der Waals surface area contributed by atoms with Crippen LogP contribution in [-0.2, 0) is 0 Å². The number of rotatable bonds is 10. The molecule has 0 atom stereocenters. The molecule has 32 rings (SSSR count). The van der Waals surface area contributed by atoms with E-state index in [1.165, 1.54) is 141 Å². The van der Waals surface area contributed by atoms with Gasteiger partial charge in [-0.25, -0.2) is 29.9 Å². The first-order chi connectivity index (χ1) is 74.4. The predicted molar refractivity (Wildman–Crippen MR) is 626 cm³/mol. The fourth-order valence-electron chi connectivity index (χ4n) is 23.3. The molecule has 3 aliphatic heterocycles. The first kappa shape index (κ1) is 85.6. The van der Waals surface area contributed by atoms with Crippen molar-refractivity contribution in [2.45, 2.75) is 0 Å². The van der Waals surface area contributed by atoms with Crippen LogP contribution in [-0.4, -0.2) is 39.9 Å². The molecule has 0 radical (unpaired) electrons. The summed E-state index contributed by atoms with van der Waals surface area (Å²) in [6.07, 6.45) is 3.68. The van der Waals surface area contributed by atoms with Crippen molar-refractivity contribution >= 4 is 202 Å². The summed E-state index contributed by atoms with van der Waals surface area (Å²) in [6, 6.07) is 175. The molecule has 0 fully saturated rings. The minimum absolute atomic E-state index is 0.675. The highest BCUT2D eigenvalue weighted by molar-refractivity contribution is 7.26. The van der Waals surface area contributed by atoms with Gasteiger partial charge < -0.3 is 9.80 Å². The monoisotopic (exact) mass is 1930 g/mol. The first-order valence-electron chi connectivity index (χ1n) is 50.7. The van der Waals surface area contributed by atoms with Crippen molar-refractivity contribution in [1.82, 2.24) is 39.9 Å². The third-order valence-corrected chi connectivity index (χ3v) is 31.3. The fraction of sp³-hybridized carbons (Fsp3) is 0. The lowest BCUT2D eigenvalue weighted by Crippen LogP contribution is -2.18. The topological polar surface area (TPSA) is 113 Å². The van der Waals surface area contributed by atoms with Crippen LogP contribution in [0.5, 0.6) is 0 Å². The van der Waals surface area contributed by atoms with Crippen LogP contribution >= 0.6 is 11.3 Å². The summed E-state index contributed by atoms with van der Waals surface area (Å²) in [7, 11) is 0. The van der Waals surface area contributed by atoms with Gasteiger partial charge in [0.25, 0.3) is 0 Å². The van der Waals surface area contributed by atoms with Gasteiger partial charge in [-0.1, -0.05) is 358 Å². The van der Waals surface area contributed by atoms with Crippen LogP contribution in [0.15, 0.2) is 504 Å². The van der Waals surface area contributed by atoms with Crippen molar-refractivity contribution in [2.24, 2.45) is 0 Å². The van der Waals surface area contributed by atoms with Gasteiger partial charge in [0, 0.05) is 137 Å². The normalized spacial score (nSPS) is 12.2. The van der Waals surface area contributed by atoms with E-state index in [1.807, 2.05) is 60.1 Å². The predicted octanol–water partition coefficient (Wildman–Crippen LogP) is 37.3. The number of pyridine rings is 2. The number of hydrogen-bond donors (Lipinski definition) is 0. The Balaban J connectivity index is 0.000000104. The summed E-state index contributed by atoms with van der Waals surface area (Å²) in [5.74, 6) is 2.08. The highest BCUT2D eigenvalue weighted by atomic mass is 32.1. The number of aromatic nitrogens is 8. The number of hydrogen-bond acceptors (Lipinski definition) is 12. The Morgan fingerprint density at radius 2 is 0.567 bits per heavy atom. The Bertz CT molecular complexity index is 10600. The van der Waals surface area contributed by atoms with Gasteiger partial charge >= 0.3 is 0 Å². The molecule has 0 saturated carbocycles. The summed E-state index contributed by atoms with van der Waals surface area (Å²) in [6.45, 7) is 0. The average Bonchev–Trinajstić information content (AvgIpc) is 0.749. The van der Waals surface area contributed by atoms with E-state index < -0.39 is 0 Å². The molecule has 23 aromatic carbocycles.